The Morgan fingerprint density at radius 3 is 1.83 bits per heavy atom. The summed E-state index contributed by atoms with van der Waals surface area (Å²) in [5.74, 6) is 0. The van der Waals surface area contributed by atoms with E-state index in [1.807, 2.05) is 110 Å². The highest BCUT2D eigenvalue weighted by atomic mass is 16.2. The first-order valence-electron chi connectivity index (χ1n) is 11.9. The highest BCUT2D eigenvalue weighted by molar-refractivity contribution is 6.14. The number of hydrogen-bond donors (Lipinski definition) is 2. The van der Waals surface area contributed by atoms with Crippen molar-refractivity contribution in [2.45, 2.75) is 11.6 Å². The summed E-state index contributed by atoms with van der Waals surface area (Å²) in [6.07, 6.45) is 0. The summed E-state index contributed by atoms with van der Waals surface area (Å²) in [7, 11) is 3.90. The quantitative estimate of drug-likeness (QED) is 0.419. The predicted octanol–water partition coefficient (Wildman–Crippen LogP) is 5.39. The Morgan fingerprint density at radius 1 is 0.694 bits per heavy atom. The largest absolute Gasteiger partial charge is 0.378 e. The summed E-state index contributed by atoms with van der Waals surface area (Å²) in [6, 6.07) is 32.0. The van der Waals surface area contributed by atoms with E-state index in [4.69, 9.17) is 0 Å². The number of amides is 4. The first-order valence-corrected chi connectivity index (χ1v) is 11.9. The lowest BCUT2D eigenvalue weighted by Gasteiger charge is -2.43. The van der Waals surface area contributed by atoms with Gasteiger partial charge < -0.3 is 15.5 Å². The maximum Gasteiger partial charge on any atom is 0.331 e. The van der Waals surface area contributed by atoms with Crippen LogP contribution >= 0.6 is 0 Å². The van der Waals surface area contributed by atoms with Crippen molar-refractivity contribution in [1.82, 2.24) is 10.6 Å². The molecule has 0 saturated carbocycles. The maximum absolute atomic E-state index is 14.1. The van der Waals surface area contributed by atoms with Crippen molar-refractivity contribution >= 4 is 23.4 Å². The molecule has 6 nitrogen and oxygen atoms in total. The van der Waals surface area contributed by atoms with Crippen molar-refractivity contribution < 1.29 is 9.59 Å². The van der Waals surface area contributed by atoms with Crippen molar-refractivity contribution in [3.05, 3.63) is 131 Å². The Hall–Kier alpha value is -4.58. The number of hydrogen-bond acceptors (Lipinski definition) is 3. The van der Waals surface area contributed by atoms with Gasteiger partial charge in [-0.25, -0.2) is 14.5 Å². The molecule has 3 aliphatic rings. The average Bonchev–Trinajstić information content (AvgIpc) is 2.97. The molecule has 0 radical (unpaired) electrons. The van der Waals surface area contributed by atoms with Gasteiger partial charge in [0.25, 0.3) is 0 Å². The summed E-state index contributed by atoms with van der Waals surface area (Å²) in [5, 5.41) is 6.48. The minimum absolute atomic E-state index is 0.405. The molecule has 0 fully saturated rings. The minimum atomic E-state index is -0.976. The van der Waals surface area contributed by atoms with E-state index in [-0.39, 0.29) is 0 Å². The monoisotopic (exact) mass is 474 g/mol. The molecule has 4 aromatic carbocycles. The van der Waals surface area contributed by atoms with Crippen molar-refractivity contribution in [2.75, 3.05) is 23.9 Å². The van der Waals surface area contributed by atoms with Crippen LogP contribution in [-0.4, -0.2) is 26.2 Å². The van der Waals surface area contributed by atoms with Gasteiger partial charge in [0.2, 0.25) is 0 Å². The summed E-state index contributed by atoms with van der Waals surface area (Å²) in [6.45, 7) is 0. The molecule has 0 aromatic heterocycles. The lowest BCUT2D eigenvalue weighted by Crippen LogP contribution is -2.54. The van der Waals surface area contributed by atoms with Gasteiger partial charge in [-0.3, -0.25) is 0 Å². The molecule has 1 aliphatic carbocycles. The van der Waals surface area contributed by atoms with Crippen LogP contribution in [0.1, 0.15) is 33.9 Å². The Bertz CT molecular complexity index is 1420. The van der Waals surface area contributed by atoms with E-state index in [0.717, 1.165) is 33.5 Å². The number of rotatable bonds is 3. The second-order valence-electron chi connectivity index (χ2n) is 9.35. The molecule has 2 bridgehead atoms. The molecule has 2 heterocycles. The third kappa shape index (κ3) is 3.18. The second-order valence-corrected chi connectivity index (χ2v) is 9.35. The molecule has 2 N–H and O–H groups in total. The molecule has 0 spiro atoms. The molecule has 7 rings (SSSR count). The van der Waals surface area contributed by atoms with Crippen LogP contribution in [0.15, 0.2) is 103 Å². The highest BCUT2D eigenvalue weighted by Gasteiger charge is 2.49. The Labute approximate surface area is 210 Å². The van der Waals surface area contributed by atoms with Crippen molar-refractivity contribution in [3.8, 4) is 0 Å². The zero-order chi connectivity index (χ0) is 24.9. The Morgan fingerprint density at radius 2 is 1.25 bits per heavy atom. The third-order valence-electron chi connectivity index (χ3n) is 7.15. The molecule has 4 aromatic rings. The van der Waals surface area contributed by atoms with Crippen molar-refractivity contribution in [1.29, 1.82) is 0 Å². The highest BCUT2D eigenvalue weighted by Crippen LogP contribution is 2.49. The second kappa shape index (κ2) is 8.27. The van der Waals surface area contributed by atoms with Crippen LogP contribution in [-0.2, 0) is 5.54 Å². The van der Waals surface area contributed by atoms with Crippen molar-refractivity contribution in [3.63, 3.8) is 0 Å². The van der Waals surface area contributed by atoms with Crippen LogP contribution in [0, 0.1) is 0 Å². The number of fused-ring (bicyclic) bond motifs is 4. The van der Waals surface area contributed by atoms with E-state index in [2.05, 4.69) is 10.6 Å². The van der Waals surface area contributed by atoms with Crippen LogP contribution < -0.4 is 20.4 Å². The Kier molecular flexibility index (Phi) is 5.04. The normalized spacial score (nSPS) is 20.3. The van der Waals surface area contributed by atoms with Gasteiger partial charge in [0.1, 0.15) is 5.54 Å². The first-order chi connectivity index (χ1) is 17.5. The van der Waals surface area contributed by atoms with Gasteiger partial charge in [-0.05, 0) is 52.1 Å². The zero-order valence-electron chi connectivity index (χ0n) is 20.1. The molecule has 178 valence electrons. The summed E-state index contributed by atoms with van der Waals surface area (Å²) < 4.78 is 0. The molecule has 36 heavy (non-hydrogen) atoms. The fourth-order valence-electron chi connectivity index (χ4n) is 5.49. The molecule has 0 unspecified atom stereocenters. The number of nitrogens with zero attached hydrogens (tertiary/aromatic N) is 2. The van der Waals surface area contributed by atoms with Gasteiger partial charge in [-0.2, -0.15) is 0 Å². The van der Waals surface area contributed by atoms with Gasteiger partial charge in [-0.15, -0.1) is 0 Å². The van der Waals surface area contributed by atoms with E-state index >= 15 is 0 Å². The number of anilines is 2. The van der Waals surface area contributed by atoms with E-state index in [1.165, 1.54) is 4.90 Å². The van der Waals surface area contributed by atoms with Crippen LogP contribution in [0.3, 0.4) is 0 Å². The number of urea groups is 2. The molecule has 0 atom stereocenters. The summed E-state index contributed by atoms with van der Waals surface area (Å²) in [4.78, 5) is 31.0. The van der Waals surface area contributed by atoms with Gasteiger partial charge >= 0.3 is 12.1 Å². The fraction of sp³-hybridized carbons (Fsp3) is 0.133. The van der Waals surface area contributed by atoms with E-state index in [9.17, 15) is 9.59 Å². The van der Waals surface area contributed by atoms with Crippen LogP contribution in [0.25, 0.3) is 0 Å². The minimum Gasteiger partial charge on any atom is -0.378 e. The van der Waals surface area contributed by atoms with Gasteiger partial charge in [0.15, 0.2) is 0 Å². The first kappa shape index (κ1) is 21.9. The summed E-state index contributed by atoms with van der Waals surface area (Å²) in [5.41, 5.74) is 5.22. The number of carbonyl (C=O) groups is 2. The average molecular weight is 475 g/mol. The molecule has 0 saturated heterocycles. The SMILES string of the molecule is CN(C)c1ccc(N2C(=O)NC3c4ccccc4C(c4ccccc4)(NC2=O)c2ccccc23)cc1. The van der Waals surface area contributed by atoms with E-state index < -0.39 is 23.6 Å². The number of benzene rings is 4. The lowest BCUT2D eigenvalue weighted by molar-refractivity contribution is 0.231. The van der Waals surface area contributed by atoms with Crippen LogP contribution in [0.2, 0.25) is 0 Å². The number of nitrogens with one attached hydrogen (secondary N) is 2. The van der Waals surface area contributed by atoms with Gasteiger partial charge in [-0.1, -0.05) is 78.9 Å². The number of imide groups is 1. The number of carbonyl (C=O) groups excluding carboxylic acids is 2. The summed E-state index contributed by atoms with van der Waals surface area (Å²) >= 11 is 0. The molecule has 6 heteroatoms. The third-order valence-corrected chi connectivity index (χ3v) is 7.15. The van der Waals surface area contributed by atoms with Crippen molar-refractivity contribution in [2.24, 2.45) is 0 Å². The van der Waals surface area contributed by atoms with Crippen LogP contribution in [0.4, 0.5) is 21.0 Å². The van der Waals surface area contributed by atoms with E-state index in [0.29, 0.717) is 5.69 Å². The maximum atomic E-state index is 14.1. The Balaban J connectivity index is 1.61. The van der Waals surface area contributed by atoms with E-state index in [1.54, 1.807) is 12.1 Å². The standard InChI is InChI=1S/C30H26N4O2/c1-33(2)21-16-18-22(19-17-21)34-28(35)31-27-23-12-6-8-14-25(23)30(32-29(34)36,20-10-4-3-5-11-20)26-15-9-7-13-24(26)27/h3-19,27H,1-2H3,(H,31,35)(H,32,36). The van der Waals surface area contributed by atoms with Crippen LogP contribution in [0.5, 0.6) is 0 Å². The van der Waals surface area contributed by atoms with Gasteiger partial charge in [0.05, 0.1) is 11.7 Å². The predicted molar refractivity (Wildman–Crippen MR) is 141 cm³/mol. The fourth-order valence-corrected chi connectivity index (χ4v) is 5.49. The molecule has 4 amide bonds. The topological polar surface area (TPSA) is 64.7 Å². The smallest absolute Gasteiger partial charge is 0.331 e. The zero-order valence-corrected chi connectivity index (χ0v) is 20.1. The molecular weight excluding hydrogens is 448 g/mol. The van der Waals surface area contributed by atoms with Gasteiger partial charge in [0, 0.05) is 19.8 Å². The molecule has 2 aliphatic heterocycles. The lowest BCUT2D eigenvalue weighted by atomic mass is 9.67. The molecular formula is C30H26N4O2.